The van der Waals surface area contributed by atoms with Crippen LogP contribution in [-0.2, 0) is 11.0 Å². The van der Waals surface area contributed by atoms with Crippen molar-refractivity contribution in [1.82, 2.24) is 4.90 Å². The zero-order chi connectivity index (χ0) is 19.1. The van der Waals surface area contributed by atoms with Crippen LogP contribution in [0.25, 0.3) is 0 Å². The number of urea groups is 1. The summed E-state index contributed by atoms with van der Waals surface area (Å²) >= 11 is 5.87. The van der Waals surface area contributed by atoms with Gasteiger partial charge in [0.05, 0.1) is 22.2 Å². The summed E-state index contributed by atoms with van der Waals surface area (Å²) in [7, 11) is 0. The van der Waals surface area contributed by atoms with Gasteiger partial charge in [-0.3, -0.25) is 4.90 Å². The van der Waals surface area contributed by atoms with Gasteiger partial charge >= 0.3 is 18.2 Å². The van der Waals surface area contributed by atoms with E-state index in [4.69, 9.17) is 16.7 Å². The van der Waals surface area contributed by atoms with E-state index in [1.807, 2.05) is 0 Å². The number of carbonyl (C=O) groups is 2. The third-order valence-electron chi connectivity index (χ3n) is 4.33. The van der Waals surface area contributed by atoms with Gasteiger partial charge in [0.1, 0.15) is 0 Å². The van der Waals surface area contributed by atoms with Crippen molar-refractivity contribution in [2.45, 2.75) is 18.6 Å². The molecule has 1 fully saturated rings. The highest BCUT2D eigenvalue weighted by molar-refractivity contribution is 6.35. The van der Waals surface area contributed by atoms with Gasteiger partial charge in [0, 0.05) is 18.8 Å². The summed E-state index contributed by atoms with van der Waals surface area (Å²) in [6, 6.07) is 3.51. The molecule has 0 aromatic heterocycles. The molecule has 1 unspecified atom stereocenters. The zero-order valence-corrected chi connectivity index (χ0v) is 14.1. The Balaban J connectivity index is 1.77. The molecule has 0 spiro atoms. The monoisotopic (exact) mass is 386 g/mol. The van der Waals surface area contributed by atoms with Gasteiger partial charge in [-0.2, -0.15) is 13.2 Å². The predicted octanol–water partition coefficient (Wildman–Crippen LogP) is 3.85. The summed E-state index contributed by atoms with van der Waals surface area (Å²) in [4.78, 5) is 26.7. The first kappa shape index (κ1) is 18.3. The third-order valence-corrected chi connectivity index (χ3v) is 4.69. The summed E-state index contributed by atoms with van der Waals surface area (Å²) in [6.45, 7) is 0.633. The molecule has 3 rings (SSSR count). The molecule has 1 saturated heterocycles. The van der Waals surface area contributed by atoms with E-state index in [2.05, 4.69) is 0 Å². The lowest BCUT2D eigenvalue weighted by atomic mass is 10.0. The molecule has 1 N–H and O–H groups in total. The fourth-order valence-electron chi connectivity index (χ4n) is 3.00. The second kappa shape index (κ2) is 6.68. The van der Waals surface area contributed by atoms with Crippen LogP contribution in [0.5, 0.6) is 0 Å². The summed E-state index contributed by atoms with van der Waals surface area (Å²) in [6.07, 6.45) is -1.09. The van der Waals surface area contributed by atoms with Crippen LogP contribution < -0.4 is 4.90 Å². The number of benzene rings is 1. The van der Waals surface area contributed by atoms with E-state index >= 15 is 0 Å². The molecule has 1 aliphatic carbocycles. The van der Waals surface area contributed by atoms with Crippen molar-refractivity contribution in [3.63, 3.8) is 0 Å². The molecule has 2 amide bonds. The summed E-state index contributed by atoms with van der Waals surface area (Å²) < 4.78 is 38.0. The quantitative estimate of drug-likeness (QED) is 0.858. The maximum atomic E-state index is 12.7. The maximum Gasteiger partial charge on any atom is 0.416 e. The molecule has 2 aliphatic rings. The molecule has 1 atom stereocenters. The first-order valence-electron chi connectivity index (χ1n) is 7.75. The van der Waals surface area contributed by atoms with Gasteiger partial charge in [0.15, 0.2) is 0 Å². The minimum atomic E-state index is -4.44. The van der Waals surface area contributed by atoms with Crippen LogP contribution in [0, 0.1) is 0 Å². The number of carbonyl (C=O) groups excluding carboxylic acids is 1. The Morgan fingerprint density at radius 2 is 1.85 bits per heavy atom. The van der Waals surface area contributed by atoms with Crippen LogP contribution >= 0.6 is 11.6 Å². The summed E-state index contributed by atoms with van der Waals surface area (Å²) in [5.41, 5.74) is -0.494. The van der Waals surface area contributed by atoms with Gasteiger partial charge < -0.3 is 10.0 Å². The van der Waals surface area contributed by atoms with Crippen molar-refractivity contribution in [1.29, 1.82) is 0 Å². The Morgan fingerprint density at radius 1 is 1.19 bits per heavy atom. The molecule has 5 nitrogen and oxygen atoms in total. The number of alkyl halides is 3. The van der Waals surface area contributed by atoms with Crippen LogP contribution in [0.1, 0.15) is 12.0 Å². The number of carboxylic acid groups (broad SMARTS) is 1. The number of halogens is 4. The predicted molar refractivity (Wildman–Crippen MR) is 89.0 cm³/mol. The molecule has 1 aromatic rings. The highest BCUT2D eigenvalue weighted by atomic mass is 35.5. The summed E-state index contributed by atoms with van der Waals surface area (Å²) in [5, 5.41) is 9.28. The Morgan fingerprint density at radius 3 is 2.42 bits per heavy atom. The van der Waals surface area contributed by atoms with E-state index < -0.39 is 23.8 Å². The molecule has 1 aliphatic heterocycles. The lowest BCUT2D eigenvalue weighted by Gasteiger charge is -2.27. The van der Waals surface area contributed by atoms with Crippen LogP contribution in [0.4, 0.5) is 23.7 Å². The average molecular weight is 387 g/mol. The van der Waals surface area contributed by atoms with Crippen LogP contribution in [0.2, 0.25) is 0 Å². The van der Waals surface area contributed by atoms with Crippen molar-refractivity contribution in [3.8, 4) is 0 Å². The second-order valence-corrected chi connectivity index (χ2v) is 6.32. The van der Waals surface area contributed by atoms with Crippen LogP contribution in [-0.4, -0.2) is 41.1 Å². The number of aliphatic carboxylic acids is 1. The molecule has 9 heteroatoms. The van der Waals surface area contributed by atoms with Crippen molar-refractivity contribution < 1.29 is 27.9 Å². The first-order valence-corrected chi connectivity index (χ1v) is 8.13. The average Bonchev–Trinajstić information content (AvgIpc) is 2.96. The molecule has 1 heterocycles. The number of nitrogens with zero attached hydrogens (tertiary/aromatic N) is 2. The topological polar surface area (TPSA) is 60.9 Å². The van der Waals surface area contributed by atoms with E-state index in [0.29, 0.717) is 25.2 Å². The molecule has 26 heavy (non-hydrogen) atoms. The Bertz CT molecular complexity index is 802. The highest BCUT2D eigenvalue weighted by Crippen LogP contribution is 2.32. The molecule has 1 aromatic carbocycles. The molecule has 0 bridgehead atoms. The maximum absolute atomic E-state index is 12.7. The number of rotatable bonds is 3. The lowest BCUT2D eigenvalue weighted by Crippen LogP contribution is -2.39. The molecule has 0 saturated carbocycles. The Labute approximate surface area is 151 Å². The molecular weight excluding hydrogens is 373 g/mol. The zero-order valence-electron chi connectivity index (χ0n) is 13.3. The Kier molecular flexibility index (Phi) is 4.70. The number of amides is 2. The van der Waals surface area contributed by atoms with Gasteiger partial charge in [-0.05, 0) is 36.8 Å². The van der Waals surface area contributed by atoms with Crippen molar-refractivity contribution in [2.75, 3.05) is 18.0 Å². The highest BCUT2D eigenvalue weighted by Gasteiger charge is 2.36. The minimum absolute atomic E-state index is 0.0660. The van der Waals surface area contributed by atoms with Gasteiger partial charge in [-0.15, -0.1) is 0 Å². The SMILES string of the molecule is O=C(O)C1=CC(N2CCN(c3ccc(C(F)(F)F)cc3)C2=O)CC=C1Cl. The van der Waals surface area contributed by atoms with Gasteiger partial charge in [0.25, 0.3) is 0 Å². The molecule has 138 valence electrons. The van der Waals surface area contributed by atoms with Crippen molar-refractivity contribution in [3.05, 3.63) is 52.6 Å². The molecule has 0 radical (unpaired) electrons. The number of hydrogen-bond acceptors (Lipinski definition) is 2. The Hall–Kier alpha value is -2.48. The van der Waals surface area contributed by atoms with Gasteiger partial charge in [-0.1, -0.05) is 17.7 Å². The molecular formula is C17H14ClF3N2O3. The summed E-state index contributed by atoms with van der Waals surface area (Å²) in [5.74, 6) is -1.18. The van der Waals surface area contributed by atoms with E-state index in [0.717, 1.165) is 12.1 Å². The first-order chi connectivity index (χ1) is 12.2. The third kappa shape index (κ3) is 3.41. The second-order valence-electron chi connectivity index (χ2n) is 5.91. The van der Waals surface area contributed by atoms with E-state index in [9.17, 15) is 22.8 Å². The lowest BCUT2D eigenvalue weighted by molar-refractivity contribution is -0.137. The van der Waals surface area contributed by atoms with Crippen LogP contribution in [0.3, 0.4) is 0 Å². The number of anilines is 1. The van der Waals surface area contributed by atoms with Gasteiger partial charge in [-0.25, -0.2) is 9.59 Å². The minimum Gasteiger partial charge on any atom is -0.478 e. The number of hydrogen-bond donors (Lipinski definition) is 1. The standard InChI is InChI=1S/C17H14ClF3N2O3/c18-14-6-5-12(9-13(14)15(24)25)23-8-7-22(16(23)26)11-3-1-10(2-4-11)17(19,20)21/h1-4,6,9,12H,5,7-8H2,(H,24,25). The van der Waals surface area contributed by atoms with E-state index in [-0.39, 0.29) is 16.6 Å². The van der Waals surface area contributed by atoms with E-state index in [1.165, 1.54) is 28.0 Å². The van der Waals surface area contributed by atoms with Gasteiger partial charge in [0.2, 0.25) is 0 Å². The largest absolute Gasteiger partial charge is 0.478 e. The van der Waals surface area contributed by atoms with Crippen molar-refractivity contribution >= 4 is 29.3 Å². The van der Waals surface area contributed by atoms with Crippen molar-refractivity contribution in [2.24, 2.45) is 0 Å². The number of carboxylic acids is 1. The van der Waals surface area contributed by atoms with E-state index in [1.54, 1.807) is 6.08 Å². The normalized spacial score (nSPS) is 20.9. The van der Waals surface area contributed by atoms with Crippen LogP contribution in [0.15, 0.2) is 47.0 Å². The fraction of sp³-hybridized carbons (Fsp3) is 0.294. The fourth-order valence-corrected chi connectivity index (χ4v) is 3.23. The smallest absolute Gasteiger partial charge is 0.416 e.